The molecule has 2 aromatic carbocycles. The number of nitrogens with zero attached hydrogens (tertiary/aromatic N) is 4. The second-order valence-electron chi connectivity index (χ2n) is 9.33. The van der Waals surface area contributed by atoms with E-state index in [9.17, 15) is 4.39 Å². The molecule has 1 unspecified atom stereocenters. The van der Waals surface area contributed by atoms with Crippen molar-refractivity contribution in [2.75, 3.05) is 55.9 Å². The molecule has 2 N–H and O–H groups in total. The van der Waals surface area contributed by atoms with E-state index in [0.717, 1.165) is 54.7 Å². The smallest absolute Gasteiger partial charge is 0.144 e. The quantitative estimate of drug-likeness (QED) is 0.448. The second kappa shape index (κ2) is 12.9. The van der Waals surface area contributed by atoms with Crippen molar-refractivity contribution in [3.8, 4) is 11.8 Å². The van der Waals surface area contributed by atoms with Gasteiger partial charge in [0, 0.05) is 55.5 Å². The van der Waals surface area contributed by atoms with Crippen LogP contribution >= 0.6 is 0 Å². The predicted octanol–water partition coefficient (Wildman–Crippen LogP) is 5.13. The Morgan fingerprint density at radius 2 is 1.92 bits per heavy atom. The molecule has 1 heterocycles. The lowest BCUT2D eigenvalue weighted by Crippen LogP contribution is -2.44. The summed E-state index contributed by atoms with van der Waals surface area (Å²) in [4.78, 5) is 9.30. The number of halogens is 1. The van der Waals surface area contributed by atoms with Crippen molar-refractivity contribution in [1.82, 2.24) is 4.90 Å². The molecule has 0 radical (unpaired) electrons. The number of anilines is 3. The minimum Gasteiger partial charge on any atom is -0.495 e. The van der Waals surface area contributed by atoms with Gasteiger partial charge in [0.05, 0.1) is 25.3 Å². The van der Waals surface area contributed by atoms with Crippen molar-refractivity contribution in [1.29, 1.82) is 5.26 Å². The van der Waals surface area contributed by atoms with Gasteiger partial charge in [-0.3, -0.25) is 4.99 Å². The van der Waals surface area contributed by atoms with Gasteiger partial charge in [-0.25, -0.2) is 4.39 Å². The fourth-order valence-corrected chi connectivity index (χ4v) is 4.06. The van der Waals surface area contributed by atoms with Crippen molar-refractivity contribution in [2.45, 2.75) is 33.4 Å². The lowest BCUT2D eigenvalue weighted by molar-refractivity contribution is 0.311. The van der Waals surface area contributed by atoms with Crippen LogP contribution in [-0.4, -0.2) is 57.6 Å². The number of nitriles is 1. The van der Waals surface area contributed by atoms with E-state index < -0.39 is 0 Å². The molecule has 1 fully saturated rings. The van der Waals surface area contributed by atoms with Gasteiger partial charge in [0.15, 0.2) is 0 Å². The number of likely N-dealkylation sites (N-methyl/N-ethyl adjacent to an activating group) is 1. The van der Waals surface area contributed by atoms with Gasteiger partial charge >= 0.3 is 0 Å². The molecular formula is C28H37FN6O. The van der Waals surface area contributed by atoms with Gasteiger partial charge in [-0.1, -0.05) is 13.8 Å². The third kappa shape index (κ3) is 7.46. The summed E-state index contributed by atoms with van der Waals surface area (Å²) in [5.74, 6) is 0.681. The van der Waals surface area contributed by atoms with Crippen LogP contribution in [0.3, 0.4) is 0 Å². The maximum Gasteiger partial charge on any atom is 0.144 e. The molecule has 36 heavy (non-hydrogen) atoms. The molecular weight excluding hydrogens is 455 g/mol. The number of methoxy groups -OCH3 is 1. The predicted molar refractivity (Wildman–Crippen MR) is 147 cm³/mol. The zero-order valence-electron chi connectivity index (χ0n) is 21.9. The molecule has 3 rings (SSSR count). The number of rotatable bonds is 10. The van der Waals surface area contributed by atoms with Gasteiger partial charge in [-0.2, -0.15) is 5.26 Å². The highest BCUT2D eigenvalue weighted by Gasteiger charge is 2.18. The summed E-state index contributed by atoms with van der Waals surface area (Å²) < 4.78 is 19.3. The third-order valence-corrected chi connectivity index (χ3v) is 6.20. The Morgan fingerprint density at radius 3 is 2.58 bits per heavy atom. The molecule has 1 aliphatic heterocycles. The summed E-state index contributed by atoms with van der Waals surface area (Å²) in [5, 5.41) is 15.8. The Hall–Kier alpha value is -3.57. The van der Waals surface area contributed by atoms with Crippen LogP contribution in [0.5, 0.6) is 5.75 Å². The van der Waals surface area contributed by atoms with E-state index in [1.165, 1.54) is 12.1 Å². The Labute approximate surface area is 214 Å². The molecule has 0 saturated carbocycles. The molecule has 7 nitrogen and oxygen atoms in total. The molecule has 8 heteroatoms. The van der Waals surface area contributed by atoms with Crippen molar-refractivity contribution in [2.24, 2.45) is 10.9 Å². The second-order valence-corrected chi connectivity index (χ2v) is 9.33. The van der Waals surface area contributed by atoms with E-state index in [-0.39, 0.29) is 24.3 Å². The van der Waals surface area contributed by atoms with Crippen molar-refractivity contribution >= 4 is 23.3 Å². The van der Waals surface area contributed by atoms with Gasteiger partial charge < -0.3 is 25.2 Å². The van der Waals surface area contributed by atoms with E-state index in [0.29, 0.717) is 5.56 Å². The van der Waals surface area contributed by atoms with Crippen LogP contribution in [0.25, 0.3) is 0 Å². The first kappa shape index (κ1) is 27.0. The fourth-order valence-electron chi connectivity index (χ4n) is 4.06. The maximum atomic E-state index is 13.6. The van der Waals surface area contributed by atoms with Crippen molar-refractivity contribution < 1.29 is 9.13 Å². The number of piperazine rings is 1. The molecule has 0 spiro atoms. The van der Waals surface area contributed by atoms with Crippen LogP contribution in [-0.2, 0) is 6.42 Å². The summed E-state index contributed by atoms with van der Waals surface area (Å²) in [6, 6.07) is 12.7. The standard InChI is InChI=1S/C28H37FN6O/c1-20(2)25(33-26-8-6-23(29)18-22(26)10-12-30)11-13-31-21(3)32-24-7-9-27(28(19-24)36-5)35-16-14-34(4)15-17-35/h6-9,11,13,18-21,32-33H,10,14-17H2,1-5H3/b25-11+,31-13?. The zero-order chi connectivity index (χ0) is 26.1. The third-order valence-electron chi connectivity index (χ3n) is 6.20. The maximum absolute atomic E-state index is 13.6. The molecule has 2 aromatic rings. The first-order chi connectivity index (χ1) is 17.3. The molecule has 192 valence electrons. The summed E-state index contributed by atoms with van der Waals surface area (Å²) in [6.07, 6.45) is 3.66. The number of aliphatic imine (C=N–C) groups is 1. The van der Waals surface area contributed by atoms with Crippen molar-refractivity contribution in [3.63, 3.8) is 0 Å². The first-order valence-electron chi connectivity index (χ1n) is 12.3. The van der Waals surface area contributed by atoms with Crippen LogP contribution in [0.15, 0.2) is 53.2 Å². The van der Waals surface area contributed by atoms with Crippen LogP contribution < -0.4 is 20.3 Å². The van der Waals surface area contributed by atoms with Crippen LogP contribution in [0.4, 0.5) is 21.5 Å². The van der Waals surface area contributed by atoms with E-state index in [1.807, 2.05) is 19.1 Å². The molecule has 1 atom stereocenters. The number of hydrogen-bond donors (Lipinski definition) is 2. The molecule has 0 amide bonds. The summed E-state index contributed by atoms with van der Waals surface area (Å²) >= 11 is 0. The van der Waals surface area contributed by atoms with E-state index in [2.05, 4.69) is 64.5 Å². The average Bonchev–Trinajstić information content (AvgIpc) is 2.85. The highest BCUT2D eigenvalue weighted by atomic mass is 19.1. The van der Waals surface area contributed by atoms with E-state index >= 15 is 0 Å². The molecule has 1 saturated heterocycles. The Morgan fingerprint density at radius 1 is 1.17 bits per heavy atom. The Balaban J connectivity index is 1.66. The van der Waals surface area contributed by atoms with Gasteiger partial charge in [0.25, 0.3) is 0 Å². The molecule has 0 aromatic heterocycles. The van der Waals surface area contributed by atoms with Gasteiger partial charge in [-0.05, 0) is 61.9 Å². The monoisotopic (exact) mass is 492 g/mol. The fraction of sp³-hybridized carbons (Fsp3) is 0.429. The number of benzene rings is 2. The van der Waals surface area contributed by atoms with E-state index in [1.54, 1.807) is 19.4 Å². The average molecular weight is 493 g/mol. The molecule has 0 aliphatic carbocycles. The van der Waals surface area contributed by atoms with Crippen LogP contribution in [0.1, 0.15) is 26.3 Å². The highest BCUT2D eigenvalue weighted by Crippen LogP contribution is 2.32. The highest BCUT2D eigenvalue weighted by molar-refractivity contribution is 5.74. The van der Waals surface area contributed by atoms with E-state index in [4.69, 9.17) is 10.00 Å². The lowest BCUT2D eigenvalue weighted by atomic mass is 10.1. The largest absolute Gasteiger partial charge is 0.495 e. The summed E-state index contributed by atoms with van der Waals surface area (Å²) in [5.41, 5.74) is 4.33. The number of allylic oxidation sites excluding steroid dienone is 2. The number of nitrogens with one attached hydrogen (secondary N) is 2. The normalized spacial score (nSPS) is 15.7. The molecule has 0 bridgehead atoms. The van der Waals surface area contributed by atoms with Crippen molar-refractivity contribution in [3.05, 3.63) is 59.6 Å². The van der Waals surface area contributed by atoms with Crippen LogP contribution in [0.2, 0.25) is 0 Å². The zero-order valence-corrected chi connectivity index (χ0v) is 21.9. The Kier molecular flexibility index (Phi) is 9.71. The first-order valence-corrected chi connectivity index (χ1v) is 12.3. The lowest BCUT2D eigenvalue weighted by Gasteiger charge is -2.34. The number of ether oxygens (including phenoxy) is 1. The topological polar surface area (TPSA) is 75.9 Å². The van der Waals surface area contributed by atoms with Gasteiger partial charge in [0.2, 0.25) is 0 Å². The number of hydrogen-bond acceptors (Lipinski definition) is 7. The molecule has 1 aliphatic rings. The minimum atomic E-state index is -0.351. The summed E-state index contributed by atoms with van der Waals surface area (Å²) in [6.45, 7) is 10.2. The van der Waals surface area contributed by atoms with Gasteiger partial charge in [-0.15, -0.1) is 0 Å². The SMILES string of the molecule is COc1cc(NC(C)N=C/C=C(/Nc2ccc(F)cc2CC#N)C(C)C)ccc1N1CCN(C)CC1. The summed E-state index contributed by atoms with van der Waals surface area (Å²) in [7, 11) is 3.85. The van der Waals surface area contributed by atoms with Gasteiger partial charge in [0.1, 0.15) is 17.7 Å². The Bertz CT molecular complexity index is 1120. The van der Waals surface area contributed by atoms with Crippen LogP contribution in [0, 0.1) is 23.1 Å². The minimum absolute atomic E-state index is 0.136.